The van der Waals surface area contributed by atoms with Gasteiger partial charge in [0.1, 0.15) is 5.75 Å². The number of rotatable bonds is 6. The van der Waals surface area contributed by atoms with Gasteiger partial charge in [-0.1, -0.05) is 12.1 Å². The predicted molar refractivity (Wildman–Crippen MR) is 94.5 cm³/mol. The summed E-state index contributed by atoms with van der Waals surface area (Å²) in [6.07, 6.45) is 7.45. The Morgan fingerprint density at radius 1 is 1.00 bits per heavy atom. The lowest BCUT2D eigenvalue weighted by Gasteiger charge is -2.30. The zero-order valence-corrected chi connectivity index (χ0v) is 16.1. The van der Waals surface area contributed by atoms with Crippen molar-refractivity contribution in [1.29, 1.82) is 0 Å². The fraction of sp³-hybridized carbons (Fsp3) is 0.647. The van der Waals surface area contributed by atoms with Crippen molar-refractivity contribution in [2.24, 2.45) is 11.3 Å². The van der Waals surface area contributed by atoms with Gasteiger partial charge < -0.3 is 4.18 Å². The summed E-state index contributed by atoms with van der Waals surface area (Å²) in [5.74, 6) is 1.14. The van der Waals surface area contributed by atoms with E-state index in [-0.39, 0.29) is 5.41 Å². The minimum Gasteiger partial charge on any atom is -0.383 e. The Morgan fingerprint density at radius 3 is 2.12 bits per heavy atom. The van der Waals surface area contributed by atoms with Crippen LogP contribution in [0.25, 0.3) is 0 Å². The molecule has 0 aromatic heterocycles. The van der Waals surface area contributed by atoms with Gasteiger partial charge in [0.15, 0.2) is 0 Å². The molecule has 1 aromatic rings. The number of benzene rings is 1. The molecule has 140 valence electrons. The van der Waals surface area contributed by atoms with Gasteiger partial charge in [-0.15, -0.1) is 0 Å². The van der Waals surface area contributed by atoms with Crippen molar-refractivity contribution in [2.45, 2.75) is 38.0 Å². The van der Waals surface area contributed by atoms with Crippen LogP contribution in [0.2, 0.25) is 0 Å². The summed E-state index contributed by atoms with van der Waals surface area (Å²) < 4.78 is 54.3. The maximum Gasteiger partial charge on any atom is 0.306 e. The van der Waals surface area contributed by atoms with Crippen LogP contribution in [0, 0.1) is 11.3 Å². The smallest absolute Gasteiger partial charge is 0.306 e. The SMILES string of the molecule is CS(=O)(=O)OC[C@@H]1CC12CCC(c1ccc(OS(C)(=O)=O)cc1)CC2. The van der Waals surface area contributed by atoms with E-state index in [4.69, 9.17) is 8.37 Å². The van der Waals surface area contributed by atoms with Crippen LogP contribution >= 0.6 is 0 Å². The average Bonchev–Trinajstić information content (AvgIpc) is 3.17. The van der Waals surface area contributed by atoms with Gasteiger partial charge in [-0.25, -0.2) is 0 Å². The summed E-state index contributed by atoms with van der Waals surface area (Å²) in [6, 6.07) is 7.25. The molecule has 0 amide bonds. The van der Waals surface area contributed by atoms with E-state index < -0.39 is 20.2 Å². The molecule has 0 unspecified atom stereocenters. The molecule has 1 aromatic carbocycles. The minimum absolute atomic E-state index is 0.264. The summed E-state index contributed by atoms with van der Waals surface area (Å²) in [5.41, 5.74) is 1.46. The molecule has 1 spiro atoms. The Bertz CT molecular complexity index is 818. The zero-order chi connectivity index (χ0) is 18.3. The van der Waals surface area contributed by atoms with Crippen molar-refractivity contribution < 1.29 is 25.2 Å². The summed E-state index contributed by atoms with van der Waals surface area (Å²) >= 11 is 0. The van der Waals surface area contributed by atoms with E-state index in [9.17, 15) is 16.8 Å². The first kappa shape index (κ1) is 18.7. The first-order valence-corrected chi connectivity index (χ1v) is 12.0. The van der Waals surface area contributed by atoms with Crippen molar-refractivity contribution in [1.82, 2.24) is 0 Å². The maximum atomic E-state index is 11.1. The minimum atomic E-state index is -3.50. The van der Waals surface area contributed by atoms with Gasteiger partial charge in [0.2, 0.25) is 0 Å². The molecular weight excluding hydrogens is 364 g/mol. The first-order valence-electron chi connectivity index (χ1n) is 8.40. The lowest BCUT2D eigenvalue weighted by Crippen LogP contribution is -2.18. The van der Waals surface area contributed by atoms with Gasteiger partial charge in [-0.05, 0) is 67.1 Å². The molecule has 2 aliphatic rings. The Labute approximate surface area is 149 Å². The summed E-state index contributed by atoms with van der Waals surface area (Å²) in [6.45, 7) is 0.307. The van der Waals surface area contributed by atoms with Gasteiger partial charge >= 0.3 is 10.1 Å². The summed E-state index contributed by atoms with van der Waals surface area (Å²) in [5, 5.41) is 0. The molecule has 25 heavy (non-hydrogen) atoms. The average molecular weight is 389 g/mol. The topological polar surface area (TPSA) is 86.7 Å². The fourth-order valence-corrected chi connectivity index (χ4v) is 4.85. The third-order valence-electron chi connectivity index (χ3n) is 5.42. The van der Waals surface area contributed by atoms with Gasteiger partial charge in [0, 0.05) is 0 Å². The standard InChI is InChI=1S/C17H24O6S2/c1-24(18,19)22-12-15-11-17(15)9-7-14(8-10-17)13-3-5-16(6-4-13)23-25(2,20)21/h3-6,14-15H,7-12H2,1-2H3/t14?,15-,17?/m0/s1. The molecule has 2 saturated carbocycles. The number of hydrogen-bond acceptors (Lipinski definition) is 6. The van der Waals surface area contributed by atoms with E-state index in [0.29, 0.717) is 24.2 Å². The Balaban J connectivity index is 1.53. The van der Waals surface area contributed by atoms with Gasteiger partial charge in [-0.3, -0.25) is 4.18 Å². The van der Waals surface area contributed by atoms with E-state index in [1.807, 2.05) is 12.1 Å². The van der Waals surface area contributed by atoms with Crippen molar-refractivity contribution in [2.75, 3.05) is 19.1 Å². The molecule has 3 rings (SSSR count). The second-order valence-electron chi connectivity index (χ2n) is 7.38. The molecule has 1 atom stereocenters. The van der Waals surface area contributed by atoms with Crippen molar-refractivity contribution in [3.8, 4) is 5.75 Å². The molecule has 0 N–H and O–H groups in total. The van der Waals surface area contributed by atoms with Crippen LogP contribution in [0.4, 0.5) is 0 Å². The molecule has 0 heterocycles. The van der Waals surface area contributed by atoms with Crippen LogP contribution in [-0.4, -0.2) is 36.0 Å². The van der Waals surface area contributed by atoms with Gasteiger partial charge in [0.05, 0.1) is 19.1 Å². The molecule has 0 radical (unpaired) electrons. The fourth-order valence-electron chi connectivity index (χ4n) is 3.98. The van der Waals surface area contributed by atoms with Crippen LogP contribution in [0.1, 0.15) is 43.6 Å². The second-order valence-corrected chi connectivity index (χ2v) is 10.6. The Hall–Kier alpha value is -1.12. The molecule has 2 fully saturated rings. The normalized spacial score (nSPS) is 29.5. The highest BCUT2D eigenvalue weighted by Crippen LogP contribution is 2.63. The van der Waals surface area contributed by atoms with Gasteiger partial charge in [0.25, 0.3) is 10.1 Å². The van der Waals surface area contributed by atoms with Crippen LogP contribution in [-0.2, 0) is 24.4 Å². The lowest BCUT2D eigenvalue weighted by molar-refractivity contribution is 0.231. The van der Waals surface area contributed by atoms with E-state index >= 15 is 0 Å². The van der Waals surface area contributed by atoms with Crippen molar-refractivity contribution in [3.05, 3.63) is 29.8 Å². The molecule has 8 heteroatoms. The highest BCUT2D eigenvalue weighted by atomic mass is 32.2. The van der Waals surface area contributed by atoms with E-state index in [1.54, 1.807) is 12.1 Å². The third kappa shape index (κ3) is 4.95. The zero-order valence-electron chi connectivity index (χ0n) is 14.5. The molecule has 0 aliphatic heterocycles. The van der Waals surface area contributed by atoms with Crippen LogP contribution in [0.5, 0.6) is 5.75 Å². The Kier molecular flexibility index (Phi) is 4.89. The van der Waals surface area contributed by atoms with Gasteiger partial charge in [-0.2, -0.15) is 16.8 Å². The molecular formula is C17H24O6S2. The third-order valence-corrected chi connectivity index (χ3v) is 6.48. The molecule has 0 saturated heterocycles. The molecule has 2 aliphatic carbocycles. The second kappa shape index (κ2) is 6.55. The quantitative estimate of drug-likeness (QED) is 0.697. The van der Waals surface area contributed by atoms with Crippen molar-refractivity contribution >= 4 is 20.2 Å². The van der Waals surface area contributed by atoms with E-state index in [2.05, 4.69) is 0 Å². The van der Waals surface area contributed by atoms with E-state index in [1.165, 1.54) is 5.56 Å². The monoisotopic (exact) mass is 388 g/mol. The van der Waals surface area contributed by atoms with Crippen LogP contribution < -0.4 is 4.18 Å². The predicted octanol–water partition coefficient (Wildman–Crippen LogP) is 2.67. The summed E-state index contributed by atoms with van der Waals surface area (Å²) in [4.78, 5) is 0. The largest absolute Gasteiger partial charge is 0.383 e. The highest BCUT2D eigenvalue weighted by Gasteiger charge is 2.55. The van der Waals surface area contributed by atoms with Crippen LogP contribution in [0.15, 0.2) is 24.3 Å². The van der Waals surface area contributed by atoms with Crippen molar-refractivity contribution in [3.63, 3.8) is 0 Å². The summed E-state index contributed by atoms with van der Waals surface area (Å²) in [7, 11) is -6.86. The molecule has 6 nitrogen and oxygen atoms in total. The van der Waals surface area contributed by atoms with E-state index in [0.717, 1.165) is 44.6 Å². The Morgan fingerprint density at radius 2 is 1.60 bits per heavy atom. The van der Waals surface area contributed by atoms with Crippen LogP contribution in [0.3, 0.4) is 0 Å². The highest BCUT2D eigenvalue weighted by molar-refractivity contribution is 7.86. The maximum absolute atomic E-state index is 11.1. The number of hydrogen-bond donors (Lipinski definition) is 0. The lowest BCUT2D eigenvalue weighted by atomic mass is 9.76. The first-order chi connectivity index (χ1) is 11.6. The molecule has 0 bridgehead atoms.